The van der Waals surface area contributed by atoms with Gasteiger partial charge < -0.3 is 4.74 Å². The number of carbonyl (C=O) groups excluding carboxylic acids is 1. The molecule has 2 aromatic carbocycles. The second-order valence-electron chi connectivity index (χ2n) is 5.39. The number of ether oxygens (including phenoxy) is 1. The highest BCUT2D eigenvalue weighted by atomic mass is 19.1. The van der Waals surface area contributed by atoms with Crippen LogP contribution < -0.4 is 4.74 Å². The van der Waals surface area contributed by atoms with Crippen LogP contribution in [-0.2, 0) is 13.0 Å². The maximum Gasteiger partial charge on any atom is 0.213 e. The number of hydrogen-bond donors (Lipinski definition) is 0. The second-order valence-corrected chi connectivity index (χ2v) is 5.39. The van der Waals surface area contributed by atoms with Crippen LogP contribution in [0.1, 0.15) is 21.5 Å². The van der Waals surface area contributed by atoms with Gasteiger partial charge in [-0.25, -0.2) is 9.37 Å². The van der Waals surface area contributed by atoms with Crippen LogP contribution in [0.2, 0.25) is 0 Å². The fourth-order valence-corrected chi connectivity index (χ4v) is 2.25. The number of carbonyl (C=O) groups is 1. The highest BCUT2D eigenvalue weighted by molar-refractivity contribution is 5.97. The summed E-state index contributed by atoms with van der Waals surface area (Å²) in [5, 5.41) is 0. The SMILES string of the molecule is O=C(Cc1ccc(F)cc1)c1ccc(OCc2ccccc2)nc1. The van der Waals surface area contributed by atoms with Crippen molar-refractivity contribution in [1.29, 1.82) is 0 Å². The lowest BCUT2D eigenvalue weighted by Crippen LogP contribution is -2.05. The highest BCUT2D eigenvalue weighted by Gasteiger charge is 2.08. The van der Waals surface area contributed by atoms with E-state index in [9.17, 15) is 9.18 Å². The van der Waals surface area contributed by atoms with Crippen LogP contribution in [-0.4, -0.2) is 10.8 Å². The summed E-state index contributed by atoms with van der Waals surface area (Å²) in [4.78, 5) is 16.4. The Labute approximate surface area is 139 Å². The van der Waals surface area contributed by atoms with Crippen LogP contribution >= 0.6 is 0 Å². The standard InChI is InChI=1S/C20H16FNO2/c21-18-9-6-15(7-10-18)12-19(23)17-8-11-20(22-13-17)24-14-16-4-2-1-3-5-16/h1-11,13H,12,14H2. The van der Waals surface area contributed by atoms with Crippen molar-refractivity contribution < 1.29 is 13.9 Å². The lowest BCUT2D eigenvalue weighted by molar-refractivity contribution is 0.0992. The van der Waals surface area contributed by atoms with Crippen molar-refractivity contribution in [3.8, 4) is 5.88 Å². The summed E-state index contributed by atoms with van der Waals surface area (Å²) in [7, 11) is 0. The van der Waals surface area contributed by atoms with Gasteiger partial charge in [0.05, 0.1) is 0 Å². The molecule has 0 saturated heterocycles. The minimum atomic E-state index is -0.312. The average Bonchev–Trinajstić information content (AvgIpc) is 2.63. The first-order chi connectivity index (χ1) is 11.7. The molecule has 0 fully saturated rings. The van der Waals surface area contributed by atoms with Crippen LogP contribution in [0.4, 0.5) is 4.39 Å². The average molecular weight is 321 g/mol. The fraction of sp³-hybridized carbons (Fsp3) is 0.100. The van der Waals surface area contributed by atoms with Crippen molar-refractivity contribution in [3.05, 3.63) is 95.4 Å². The Morgan fingerprint density at radius 1 is 0.917 bits per heavy atom. The van der Waals surface area contributed by atoms with E-state index in [1.807, 2.05) is 30.3 Å². The van der Waals surface area contributed by atoms with Crippen molar-refractivity contribution in [3.63, 3.8) is 0 Å². The molecule has 0 atom stereocenters. The van der Waals surface area contributed by atoms with Gasteiger partial charge in [0.2, 0.25) is 5.88 Å². The van der Waals surface area contributed by atoms with E-state index in [0.717, 1.165) is 11.1 Å². The molecule has 0 aliphatic carbocycles. The zero-order chi connectivity index (χ0) is 16.8. The van der Waals surface area contributed by atoms with Gasteiger partial charge in [0.1, 0.15) is 12.4 Å². The van der Waals surface area contributed by atoms with Gasteiger partial charge in [0.15, 0.2) is 5.78 Å². The van der Waals surface area contributed by atoms with Crippen molar-refractivity contribution in [2.45, 2.75) is 13.0 Å². The molecule has 0 spiro atoms. The molecule has 24 heavy (non-hydrogen) atoms. The van der Waals surface area contributed by atoms with E-state index in [-0.39, 0.29) is 18.0 Å². The molecule has 3 nitrogen and oxygen atoms in total. The van der Waals surface area contributed by atoms with Gasteiger partial charge in [-0.3, -0.25) is 4.79 Å². The molecule has 3 aromatic rings. The van der Waals surface area contributed by atoms with Gasteiger partial charge in [-0.1, -0.05) is 42.5 Å². The van der Waals surface area contributed by atoms with E-state index in [2.05, 4.69) is 4.98 Å². The van der Waals surface area contributed by atoms with Gasteiger partial charge in [-0.05, 0) is 29.3 Å². The third-order valence-corrected chi connectivity index (χ3v) is 3.57. The number of halogens is 1. The molecule has 0 unspecified atom stereocenters. The first-order valence-corrected chi connectivity index (χ1v) is 7.61. The zero-order valence-electron chi connectivity index (χ0n) is 13.0. The summed E-state index contributed by atoms with van der Waals surface area (Å²) in [6, 6.07) is 19.1. The molecule has 1 heterocycles. The van der Waals surface area contributed by atoms with E-state index < -0.39 is 0 Å². The predicted molar refractivity (Wildman–Crippen MR) is 89.4 cm³/mol. The minimum absolute atomic E-state index is 0.0660. The number of nitrogens with zero attached hydrogens (tertiary/aromatic N) is 1. The number of benzene rings is 2. The van der Waals surface area contributed by atoms with Crippen LogP contribution in [0.5, 0.6) is 5.88 Å². The number of ketones is 1. The molecule has 1 aromatic heterocycles. The molecular formula is C20H16FNO2. The molecular weight excluding hydrogens is 305 g/mol. The molecule has 0 N–H and O–H groups in total. The van der Waals surface area contributed by atoms with E-state index >= 15 is 0 Å². The highest BCUT2D eigenvalue weighted by Crippen LogP contribution is 2.13. The zero-order valence-corrected chi connectivity index (χ0v) is 13.0. The molecule has 4 heteroatoms. The number of rotatable bonds is 6. The van der Waals surface area contributed by atoms with E-state index in [4.69, 9.17) is 4.74 Å². The molecule has 0 amide bonds. The van der Waals surface area contributed by atoms with Crippen LogP contribution in [0, 0.1) is 5.82 Å². The third-order valence-electron chi connectivity index (χ3n) is 3.57. The monoisotopic (exact) mass is 321 g/mol. The Kier molecular flexibility index (Phi) is 4.96. The van der Waals surface area contributed by atoms with Gasteiger partial charge in [-0.2, -0.15) is 0 Å². The topological polar surface area (TPSA) is 39.2 Å². The van der Waals surface area contributed by atoms with Gasteiger partial charge >= 0.3 is 0 Å². The molecule has 0 bridgehead atoms. The van der Waals surface area contributed by atoms with Crippen LogP contribution in [0.25, 0.3) is 0 Å². The summed E-state index contributed by atoms with van der Waals surface area (Å²) in [6.45, 7) is 0.427. The van der Waals surface area contributed by atoms with Crippen molar-refractivity contribution in [2.24, 2.45) is 0 Å². The Balaban J connectivity index is 1.59. The first kappa shape index (κ1) is 15.9. The van der Waals surface area contributed by atoms with Gasteiger partial charge in [0, 0.05) is 24.2 Å². The fourth-order valence-electron chi connectivity index (χ4n) is 2.25. The summed E-state index contributed by atoms with van der Waals surface area (Å²) in [5.74, 6) is 0.0914. The lowest BCUT2D eigenvalue weighted by atomic mass is 10.0. The summed E-state index contributed by atoms with van der Waals surface area (Å²) in [6.07, 6.45) is 1.72. The number of Topliss-reactive ketones (excluding diaryl/α,β-unsaturated/α-hetero) is 1. The minimum Gasteiger partial charge on any atom is -0.473 e. The number of pyridine rings is 1. The normalized spacial score (nSPS) is 10.4. The molecule has 120 valence electrons. The summed E-state index contributed by atoms with van der Waals surface area (Å²) >= 11 is 0. The second kappa shape index (κ2) is 7.51. The van der Waals surface area contributed by atoms with Crippen molar-refractivity contribution in [1.82, 2.24) is 4.98 Å². The smallest absolute Gasteiger partial charge is 0.213 e. The van der Waals surface area contributed by atoms with Crippen LogP contribution in [0.3, 0.4) is 0 Å². The number of aromatic nitrogens is 1. The quantitative estimate of drug-likeness (QED) is 0.638. The van der Waals surface area contributed by atoms with Gasteiger partial charge in [-0.15, -0.1) is 0 Å². The third kappa shape index (κ3) is 4.26. The van der Waals surface area contributed by atoms with Crippen molar-refractivity contribution >= 4 is 5.78 Å². The Bertz CT molecular complexity index is 799. The van der Waals surface area contributed by atoms with Gasteiger partial charge in [0.25, 0.3) is 0 Å². The Morgan fingerprint density at radius 3 is 2.33 bits per heavy atom. The predicted octanol–water partition coefficient (Wildman–Crippen LogP) is 4.23. The van der Waals surface area contributed by atoms with Crippen LogP contribution in [0.15, 0.2) is 72.9 Å². The van der Waals surface area contributed by atoms with E-state index in [1.165, 1.54) is 18.3 Å². The maximum atomic E-state index is 12.9. The van der Waals surface area contributed by atoms with E-state index in [1.54, 1.807) is 24.3 Å². The molecule has 0 aliphatic rings. The number of hydrogen-bond acceptors (Lipinski definition) is 3. The maximum absolute atomic E-state index is 12.9. The molecule has 0 saturated carbocycles. The summed E-state index contributed by atoms with van der Waals surface area (Å²) < 4.78 is 18.5. The first-order valence-electron chi connectivity index (χ1n) is 7.61. The largest absolute Gasteiger partial charge is 0.473 e. The molecule has 0 aliphatic heterocycles. The summed E-state index contributed by atoms with van der Waals surface area (Å²) in [5.41, 5.74) is 2.33. The Hall–Kier alpha value is -3.01. The lowest BCUT2D eigenvalue weighted by Gasteiger charge is -2.06. The Morgan fingerprint density at radius 2 is 1.67 bits per heavy atom. The van der Waals surface area contributed by atoms with E-state index in [0.29, 0.717) is 18.1 Å². The molecule has 3 rings (SSSR count). The molecule has 0 radical (unpaired) electrons. The van der Waals surface area contributed by atoms with Crippen molar-refractivity contribution in [2.75, 3.05) is 0 Å².